The molecule has 2 amide bonds. The average Bonchev–Trinajstić information content (AvgIpc) is 3.37. The third-order valence-corrected chi connectivity index (χ3v) is 13.5. The summed E-state index contributed by atoms with van der Waals surface area (Å²) < 4.78 is 78.8. The number of phenols is 1. The first-order valence-electron chi connectivity index (χ1n) is 22.0. The molecule has 0 spiro atoms. The van der Waals surface area contributed by atoms with Gasteiger partial charge >= 0.3 is 48.9 Å². The number of carbonyl (C=O) groups is 2. The topological polar surface area (TPSA) is 281 Å². The van der Waals surface area contributed by atoms with E-state index in [2.05, 4.69) is 31.1 Å². The Bertz CT molecular complexity index is 3530. The molecule has 0 fully saturated rings. The Morgan fingerprint density at radius 3 is 1.47 bits per heavy atom. The number of hydrogen-bond acceptors (Lipinski definition) is 15. The van der Waals surface area contributed by atoms with Gasteiger partial charge in [-0.05, 0) is 114 Å². The van der Waals surface area contributed by atoms with Gasteiger partial charge in [-0.1, -0.05) is 91.3 Å². The summed E-state index contributed by atoms with van der Waals surface area (Å²) in [4.78, 5) is 25.2. The number of anilines is 2. The smallest absolute Gasteiger partial charge is 0.870 e. The Labute approximate surface area is 481 Å². The molecule has 4 N–H and O–H groups in total. The molecule has 0 saturated carbocycles. The standard InChI is InChI=1S/2C26H22ClN3O6S.Ba/c2*1-3-19-22(13-16(27)14-23(19)37(33,34)35)29-30-24-20-7-5-4-6-15(20)12-21(25(24)31)26(32)28-17-8-10-18(36-2)11-9-17;/h2*4-14,31H,3H2,1-2H3,(H,28,32)(H,33,34,35);/q;;+2/p-2. The molecular weight excluding hydrogens is 1170 g/mol. The Balaban J connectivity index is 0.000000241. The van der Waals surface area contributed by atoms with Crippen LogP contribution in [0.1, 0.15) is 45.7 Å². The van der Waals surface area contributed by atoms with Crippen LogP contribution in [0.2, 0.25) is 10.0 Å². The van der Waals surface area contributed by atoms with Crippen molar-refractivity contribution in [3.8, 4) is 23.0 Å². The normalized spacial score (nSPS) is 11.5. The number of rotatable bonds is 14. The van der Waals surface area contributed by atoms with Crippen LogP contribution in [0, 0.1) is 0 Å². The monoisotopic (exact) mass is 1210 g/mol. The number of benzene rings is 8. The molecule has 0 atom stereocenters. The summed E-state index contributed by atoms with van der Waals surface area (Å²) in [5.74, 6) is -1.08. The average molecular weight is 1220 g/mol. The fourth-order valence-electron chi connectivity index (χ4n) is 7.66. The number of nitrogens with zero attached hydrogens (tertiary/aromatic N) is 4. The summed E-state index contributed by atoms with van der Waals surface area (Å²) in [7, 11) is -6.33. The molecule has 0 radical (unpaired) electrons. The van der Waals surface area contributed by atoms with E-state index in [0.717, 1.165) is 12.1 Å². The molecule has 0 saturated heterocycles. The van der Waals surface area contributed by atoms with E-state index in [4.69, 9.17) is 32.7 Å². The Kier molecular flexibility index (Phi) is 19.3. The zero-order chi connectivity index (χ0) is 53.5. The van der Waals surface area contributed by atoms with Crippen LogP contribution < -0.4 is 25.2 Å². The number of azo groups is 2. The SMILES string of the molecule is CCc1c(N=Nc2c(O)c(C(=O)Nc3ccc(OC)cc3)cc3ccccc23)cc(Cl)cc1S(=O)(=O)O.CCc1c(N=Nc2c([O-])c(C(=O)Nc3ccc(OC)cc3)cc3ccccc23)cc(Cl)cc1S(=O)(=O)[O-].[Ba+2]. The fraction of sp³-hybridized carbons (Fsp3) is 0.115. The second-order valence-electron chi connectivity index (χ2n) is 15.9. The van der Waals surface area contributed by atoms with Crippen LogP contribution in [-0.4, -0.2) is 106 Å². The predicted molar refractivity (Wildman–Crippen MR) is 284 cm³/mol. The van der Waals surface area contributed by atoms with E-state index in [0.29, 0.717) is 44.4 Å². The molecule has 8 aromatic rings. The van der Waals surface area contributed by atoms with E-state index in [-0.39, 0.29) is 122 Å². The first kappa shape index (κ1) is 57.9. The van der Waals surface area contributed by atoms with E-state index in [1.165, 1.54) is 38.5 Å². The van der Waals surface area contributed by atoms with Crippen molar-refractivity contribution in [2.24, 2.45) is 20.5 Å². The summed E-state index contributed by atoms with van der Waals surface area (Å²) in [6.07, 6.45) is 0.356. The van der Waals surface area contributed by atoms with Crippen molar-refractivity contribution in [1.82, 2.24) is 0 Å². The predicted octanol–water partition coefficient (Wildman–Crippen LogP) is 12.0. The number of phenolic OH excluding ortho intramolecular Hbond substituents is 1. The van der Waals surface area contributed by atoms with Crippen molar-refractivity contribution in [3.05, 3.63) is 166 Å². The number of fused-ring (bicyclic) bond motifs is 2. The maximum atomic E-state index is 13.4. The van der Waals surface area contributed by atoms with Crippen LogP contribution in [0.5, 0.6) is 23.0 Å². The molecule has 8 aromatic carbocycles. The van der Waals surface area contributed by atoms with Crippen LogP contribution in [0.3, 0.4) is 0 Å². The van der Waals surface area contributed by atoms with Crippen molar-refractivity contribution in [2.45, 2.75) is 36.5 Å². The number of ether oxygens (including phenoxy) is 2. The van der Waals surface area contributed by atoms with Crippen LogP contribution in [0.4, 0.5) is 34.1 Å². The van der Waals surface area contributed by atoms with E-state index in [9.17, 15) is 45.7 Å². The number of methoxy groups -OCH3 is 2. The first-order valence-corrected chi connectivity index (χ1v) is 25.6. The maximum Gasteiger partial charge on any atom is 2.00 e. The molecule has 8 rings (SSSR count). The maximum absolute atomic E-state index is 13.4. The van der Waals surface area contributed by atoms with Gasteiger partial charge in [0.05, 0.1) is 41.7 Å². The second kappa shape index (κ2) is 25.0. The first-order chi connectivity index (χ1) is 35.2. The van der Waals surface area contributed by atoms with Crippen molar-refractivity contribution in [2.75, 3.05) is 24.9 Å². The number of halogens is 2. The number of aromatic hydroxyl groups is 1. The summed E-state index contributed by atoms with van der Waals surface area (Å²) in [5, 5.41) is 48.5. The number of nitrogens with one attached hydrogen (secondary N) is 2. The fourth-order valence-corrected chi connectivity index (χ4v) is 9.87. The number of carbonyl (C=O) groups excluding carboxylic acids is 2. The van der Waals surface area contributed by atoms with Crippen LogP contribution in [0.25, 0.3) is 21.5 Å². The minimum atomic E-state index is -4.83. The second-order valence-corrected chi connectivity index (χ2v) is 19.5. The molecule has 18 nitrogen and oxygen atoms in total. The van der Waals surface area contributed by atoms with Crippen molar-refractivity contribution >= 4 is 160 Å². The third-order valence-electron chi connectivity index (χ3n) is 11.2. The van der Waals surface area contributed by atoms with Gasteiger partial charge in [0.1, 0.15) is 32.2 Å². The third kappa shape index (κ3) is 13.7. The zero-order valence-electron chi connectivity index (χ0n) is 40.2. The van der Waals surface area contributed by atoms with Gasteiger partial charge in [0.25, 0.3) is 21.9 Å². The van der Waals surface area contributed by atoms with Crippen LogP contribution >= 0.6 is 23.2 Å². The summed E-state index contributed by atoms with van der Waals surface area (Å²) in [6.45, 7) is 3.34. The van der Waals surface area contributed by atoms with Gasteiger partial charge in [-0.15, -0.1) is 5.11 Å². The Hall–Kier alpha value is -6.41. The quantitative estimate of drug-likeness (QED) is 0.0449. The molecule has 380 valence electrons. The molecular formula is C52H42BaCl2N6O12S2. The number of amides is 2. The van der Waals surface area contributed by atoms with Gasteiger partial charge in [0.15, 0.2) is 5.75 Å². The summed E-state index contributed by atoms with van der Waals surface area (Å²) in [6, 6.07) is 35.0. The molecule has 23 heteroatoms. The number of hydrogen-bond donors (Lipinski definition) is 4. The minimum absolute atomic E-state index is 0. The van der Waals surface area contributed by atoms with E-state index in [1.807, 2.05) is 0 Å². The van der Waals surface area contributed by atoms with Crippen LogP contribution in [-0.2, 0) is 33.1 Å². The van der Waals surface area contributed by atoms with Crippen molar-refractivity contribution < 1.29 is 55.2 Å². The molecule has 0 aliphatic rings. The minimum Gasteiger partial charge on any atom is -0.870 e. The van der Waals surface area contributed by atoms with Crippen molar-refractivity contribution in [1.29, 1.82) is 0 Å². The van der Waals surface area contributed by atoms with E-state index < -0.39 is 48.4 Å². The van der Waals surface area contributed by atoms with Gasteiger partial charge in [-0.3, -0.25) is 14.1 Å². The Morgan fingerprint density at radius 1 is 0.600 bits per heavy atom. The molecule has 0 heterocycles. The van der Waals surface area contributed by atoms with Gasteiger partial charge in [0.2, 0.25) is 0 Å². The Morgan fingerprint density at radius 2 is 1.01 bits per heavy atom. The zero-order valence-corrected chi connectivity index (χ0v) is 47.7. The van der Waals surface area contributed by atoms with Gasteiger partial charge in [0, 0.05) is 43.3 Å². The van der Waals surface area contributed by atoms with E-state index >= 15 is 0 Å². The van der Waals surface area contributed by atoms with Crippen molar-refractivity contribution in [3.63, 3.8) is 0 Å². The molecule has 0 aliphatic heterocycles. The summed E-state index contributed by atoms with van der Waals surface area (Å²) in [5.41, 5.74) is 1.09. The molecule has 0 bridgehead atoms. The van der Waals surface area contributed by atoms with Crippen LogP contribution in [0.15, 0.2) is 164 Å². The van der Waals surface area contributed by atoms with Gasteiger partial charge < -0.3 is 34.9 Å². The van der Waals surface area contributed by atoms with Gasteiger partial charge in [-0.2, -0.15) is 23.8 Å². The van der Waals surface area contributed by atoms with Gasteiger partial charge in [-0.25, -0.2) is 8.42 Å². The molecule has 0 unspecified atom stereocenters. The molecule has 75 heavy (non-hydrogen) atoms. The largest absolute Gasteiger partial charge is 2.00 e. The molecule has 0 aromatic heterocycles. The summed E-state index contributed by atoms with van der Waals surface area (Å²) >= 11 is 12.1. The molecule has 0 aliphatic carbocycles. The van der Waals surface area contributed by atoms with E-state index in [1.54, 1.807) is 111 Å².